The first-order chi connectivity index (χ1) is 13.5. The number of aryl methyl sites for hydroxylation is 1. The molecule has 1 spiro atoms. The molecule has 6 nitrogen and oxygen atoms in total. The summed E-state index contributed by atoms with van der Waals surface area (Å²) in [6, 6.07) is 10.1. The number of benzene rings is 2. The quantitative estimate of drug-likeness (QED) is 0.630. The molecular formula is C21H21FN2O4. The number of ether oxygens (including phenoxy) is 1. The Morgan fingerprint density at radius 2 is 2.07 bits per heavy atom. The standard InChI is InChI=1S/C21H21FN2O4/c1-28-17-4-2-3-16(18(17)22)24-10-9-21(20(24)26)8-7-13-11-14(19(25)23-27)5-6-15(13)12-21/h2-6,11,27H,7-10,12H2,1H3,(H,23,25)/t21-/m0/s1. The number of carbonyl (C=O) groups is 2. The Morgan fingerprint density at radius 3 is 2.82 bits per heavy atom. The van der Waals surface area contributed by atoms with E-state index in [1.807, 2.05) is 6.07 Å². The zero-order valence-corrected chi connectivity index (χ0v) is 15.5. The molecule has 0 unspecified atom stereocenters. The minimum Gasteiger partial charge on any atom is -0.494 e. The Kier molecular flexibility index (Phi) is 4.55. The molecule has 1 saturated heterocycles. The number of hydrogen-bond acceptors (Lipinski definition) is 4. The first-order valence-corrected chi connectivity index (χ1v) is 9.20. The molecule has 0 saturated carbocycles. The molecule has 7 heteroatoms. The maximum Gasteiger partial charge on any atom is 0.274 e. The van der Waals surface area contributed by atoms with Crippen LogP contribution >= 0.6 is 0 Å². The molecule has 28 heavy (non-hydrogen) atoms. The van der Waals surface area contributed by atoms with Gasteiger partial charge in [-0.2, -0.15) is 0 Å². The van der Waals surface area contributed by atoms with Gasteiger partial charge in [0.05, 0.1) is 18.2 Å². The van der Waals surface area contributed by atoms with E-state index < -0.39 is 17.1 Å². The Bertz CT molecular complexity index is 961. The van der Waals surface area contributed by atoms with Crippen molar-refractivity contribution in [3.8, 4) is 5.75 Å². The third kappa shape index (κ3) is 2.82. The van der Waals surface area contributed by atoms with Gasteiger partial charge in [0.2, 0.25) is 5.91 Å². The summed E-state index contributed by atoms with van der Waals surface area (Å²) in [5.41, 5.74) is 3.74. The van der Waals surface area contributed by atoms with Gasteiger partial charge in [0, 0.05) is 12.1 Å². The fourth-order valence-corrected chi connectivity index (χ4v) is 4.38. The normalized spacial score (nSPS) is 21.0. The van der Waals surface area contributed by atoms with Gasteiger partial charge in [-0.3, -0.25) is 14.8 Å². The molecule has 0 aromatic heterocycles. The molecule has 146 valence electrons. The van der Waals surface area contributed by atoms with Gasteiger partial charge in [-0.1, -0.05) is 12.1 Å². The molecule has 0 bridgehead atoms. The van der Waals surface area contributed by atoms with E-state index in [4.69, 9.17) is 9.94 Å². The van der Waals surface area contributed by atoms with Gasteiger partial charge in [0.15, 0.2) is 11.6 Å². The summed E-state index contributed by atoms with van der Waals surface area (Å²) < 4.78 is 19.7. The number of hydrogen-bond donors (Lipinski definition) is 2. The van der Waals surface area contributed by atoms with E-state index in [9.17, 15) is 14.0 Å². The average molecular weight is 384 g/mol. The van der Waals surface area contributed by atoms with Crippen molar-refractivity contribution in [1.29, 1.82) is 0 Å². The van der Waals surface area contributed by atoms with Crippen LogP contribution in [0.3, 0.4) is 0 Å². The highest BCUT2D eigenvalue weighted by Gasteiger charge is 2.49. The molecule has 1 aliphatic heterocycles. The molecule has 1 aliphatic carbocycles. The van der Waals surface area contributed by atoms with Crippen molar-refractivity contribution in [1.82, 2.24) is 5.48 Å². The van der Waals surface area contributed by atoms with Crippen LogP contribution in [0.1, 0.15) is 34.3 Å². The Balaban J connectivity index is 1.61. The highest BCUT2D eigenvalue weighted by molar-refractivity contribution is 6.00. The lowest BCUT2D eigenvalue weighted by molar-refractivity contribution is -0.126. The van der Waals surface area contributed by atoms with E-state index in [-0.39, 0.29) is 17.3 Å². The smallest absolute Gasteiger partial charge is 0.274 e. The van der Waals surface area contributed by atoms with Crippen LogP contribution in [0.2, 0.25) is 0 Å². The van der Waals surface area contributed by atoms with Gasteiger partial charge in [-0.25, -0.2) is 9.87 Å². The highest BCUT2D eigenvalue weighted by Crippen LogP contribution is 2.46. The van der Waals surface area contributed by atoms with Crippen molar-refractivity contribution in [3.05, 3.63) is 58.9 Å². The molecule has 1 fully saturated rings. The summed E-state index contributed by atoms with van der Waals surface area (Å²) in [4.78, 5) is 26.4. The molecule has 1 atom stereocenters. The molecule has 2 aliphatic rings. The summed E-state index contributed by atoms with van der Waals surface area (Å²) >= 11 is 0. The zero-order chi connectivity index (χ0) is 19.9. The van der Waals surface area contributed by atoms with Crippen molar-refractivity contribution in [2.75, 3.05) is 18.6 Å². The van der Waals surface area contributed by atoms with Crippen molar-refractivity contribution in [3.63, 3.8) is 0 Å². The number of halogens is 1. The predicted molar refractivity (Wildman–Crippen MR) is 100 cm³/mol. The third-order valence-electron chi connectivity index (χ3n) is 5.94. The number of hydroxylamine groups is 1. The van der Waals surface area contributed by atoms with Gasteiger partial charge in [-0.05, 0) is 61.1 Å². The monoisotopic (exact) mass is 384 g/mol. The summed E-state index contributed by atoms with van der Waals surface area (Å²) in [6.07, 6.45) is 2.51. The molecule has 2 aromatic carbocycles. The molecule has 2 aromatic rings. The SMILES string of the molecule is COc1cccc(N2CC[C@]3(CCc4cc(C(=O)NO)ccc4C3)C2=O)c1F. The van der Waals surface area contributed by atoms with Crippen LogP contribution in [0.5, 0.6) is 5.75 Å². The number of nitrogens with one attached hydrogen (secondary N) is 1. The van der Waals surface area contributed by atoms with E-state index in [1.54, 1.807) is 29.7 Å². The maximum absolute atomic E-state index is 14.7. The number of nitrogens with zero attached hydrogens (tertiary/aromatic N) is 1. The number of amides is 2. The van der Waals surface area contributed by atoms with E-state index in [0.29, 0.717) is 37.8 Å². The molecule has 1 heterocycles. The Labute approximate surface area is 161 Å². The van der Waals surface area contributed by atoms with E-state index in [0.717, 1.165) is 11.1 Å². The van der Waals surface area contributed by atoms with Crippen molar-refractivity contribution >= 4 is 17.5 Å². The van der Waals surface area contributed by atoms with E-state index in [2.05, 4.69) is 0 Å². The van der Waals surface area contributed by atoms with Crippen molar-refractivity contribution in [2.45, 2.75) is 25.7 Å². The van der Waals surface area contributed by atoms with Crippen LogP contribution < -0.4 is 15.1 Å². The van der Waals surface area contributed by atoms with Crippen molar-refractivity contribution < 1.29 is 23.9 Å². The van der Waals surface area contributed by atoms with Gasteiger partial charge in [0.1, 0.15) is 0 Å². The minimum atomic E-state index is -0.556. The predicted octanol–water partition coefficient (Wildman–Crippen LogP) is 2.87. The number of anilines is 1. The summed E-state index contributed by atoms with van der Waals surface area (Å²) in [7, 11) is 1.40. The molecule has 2 amide bonds. The van der Waals surface area contributed by atoms with Gasteiger partial charge >= 0.3 is 0 Å². The van der Waals surface area contributed by atoms with Crippen LogP contribution in [-0.2, 0) is 17.6 Å². The second-order valence-corrected chi connectivity index (χ2v) is 7.38. The Morgan fingerprint density at radius 1 is 1.25 bits per heavy atom. The molecule has 4 rings (SSSR count). The summed E-state index contributed by atoms with van der Waals surface area (Å²) in [5, 5.41) is 8.80. The molecule has 2 N–H and O–H groups in total. The molecule has 0 radical (unpaired) electrons. The summed E-state index contributed by atoms with van der Waals surface area (Å²) in [5.74, 6) is -1.02. The fourth-order valence-electron chi connectivity index (χ4n) is 4.38. The van der Waals surface area contributed by atoms with Crippen LogP contribution in [0.15, 0.2) is 36.4 Å². The van der Waals surface area contributed by atoms with Crippen LogP contribution in [0.4, 0.5) is 10.1 Å². The lowest BCUT2D eigenvalue weighted by atomic mass is 9.70. The average Bonchev–Trinajstić information content (AvgIpc) is 3.03. The second-order valence-electron chi connectivity index (χ2n) is 7.38. The van der Waals surface area contributed by atoms with Gasteiger partial charge in [0.25, 0.3) is 5.91 Å². The van der Waals surface area contributed by atoms with Crippen LogP contribution in [-0.4, -0.2) is 30.7 Å². The van der Waals surface area contributed by atoms with E-state index in [1.165, 1.54) is 18.1 Å². The van der Waals surface area contributed by atoms with Crippen LogP contribution in [0, 0.1) is 11.2 Å². The minimum absolute atomic E-state index is 0.0671. The largest absolute Gasteiger partial charge is 0.494 e. The first-order valence-electron chi connectivity index (χ1n) is 9.20. The van der Waals surface area contributed by atoms with Gasteiger partial charge < -0.3 is 9.64 Å². The van der Waals surface area contributed by atoms with Gasteiger partial charge in [-0.15, -0.1) is 0 Å². The summed E-state index contributed by atoms with van der Waals surface area (Å²) in [6.45, 7) is 0.462. The molecular weight excluding hydrogens is 363 g/mol. The zero-order valence-electron chi connectivity index (χ0n) is 15.5. The number of methoxy groups -OCH3 is 1. The fraction of sp³-hybridized carbons (Fsp3) is 0.333. The third-order valence-corrected chi connectivity index (χ3v) is 5.94. The lowest BCUT2D eigenvalue weighted by Crippen LogP contribution is -2.39. The highest BCUT2D eigenvalue weighted by atomic mass is 19.1. The van der Waals surface area contributed by atoms with Crippen LogP contribution in [0.25, 0.3) is 0 Å². The Hall–Kier alpha value is -2.93. The van der Waals surface area contributed by atoms with E-state index >= 15 is 0 Å². The maximum atomic E-state index is 14.7. The second kappa shape index (κ2) is 6.91. The topological polar surface area (TPSA) is 78.9 Å². The lowest BCUT2D eigenvalue weighted by Gasteiger charge is -2.33. The number of rotatable bonds is 3. The van der Waals surface area contributed by atoms with Crippen molar-refractivity contribution in [2.24, 2.45) is 5.41 Å². The number of fused-ring (bicyclic) bond motifs is 1. The first kappa shape index (κ1) is 18.4. The number of carbonyl (C=O) groups excluding carboxylic acids is 2.